The van der Waals surface area contributed by atoms with Crippen molar-refractivity contribution in [2.24, 2.45) is 0 Å². The highest BCUT2D eigenvalue weighted by Gasteiger charge is 2.05. The summed E-state index contributed by atoms with van der Waals surface area (Å²) in [5.74, 6) is -1.09. The van der Waals surface area contributed by atoms with E-state index in [2.05, 4.69) is 0 Å². The Kier molecular flexibility index (Phi) is 4.10. The highest BCUT2D eigenvalue weighted by atomic mass is 16.4. The van der Waals surface area contributed by atoms with Crippen LogP contribution >= 0.6 is 0 Å². The SMILES string of the molecule is CCCC(C)=C(C(=O)[O-])c1ccccc1. The quantitative estimate of drug-likeness (QED) is 0.702. The number of carbonyl (C=O) groups is 1. The lowest BCUT2D eigenvalue weighted by atomic mass is 9.98. The molecule has 15 heavy (non-hydrogen) atoms. The maximum absolute atomic E-state index is 11.0. The molecule has 0 aliphatic rings. The average Bonchev–Trinajstić information content (AvgIpc) is 2.19. The third-order valence-corrected chi connectivity index (χ3v) is 2.32. The lowest BCUT2D eigenvalue weighted by molar-refractivity contribution is -0.295. The molecule has 1 aromatic carbocycles. The van der Waals surface area contributed by atoms with Crippen molar-refractivity contribution in [1.82, 2.24) is 0 Å². The van der Waals surface area contributed by atoms with Gasteiger partial charge in [-0.25, -0.2) is 0 Å². The summed E-state index contributed by atoms with van der Waals surface area (Å²) in [4.78, 5) is 11.0. The number of hydrogen-bond acceptors (Lipinski definition) is 2. The minimum Gasteiger partial charge on any atom is -0.545 e. The lowest BCUT2D eigenvalue weighted by Gasteiger charge is -2.13. The van der Waals surface area contributed by atoms with Crippen LogP contribution in [-0.4, -0.2) is 5.97 Å². The molecule has 2 nitrogen and oxygen atoms in total. The van der Waals surface area contributed by atoms with Gasteiger partial charge in [0.1, 0.15) is 0 Å². The highest BCUT2D eigenvalue weighted by molar-refractivity contribution is 6.15. The van der Waals surface area contributed by atoms with E-state index in [4.69, 9.17) is 0 Å². The number of carbonyl (C=O) groups excluding carboxylic acids is 1. The van der Waals surface area contributed by atoms with E-state index in [0.29, 0.717) is 5.57 Å². The van der Waals surface area contributed by atoms with Gasteiger partial charge in [-0.1, -0.05) is 49.2 Å². The minimum absolute atomic E-state index is 0.331. The van der Waals surface area contributed by atoms with Crippen molar-refractivity contribution in [2.75, 3.05) is 0 Å². The van der Waals surface area contributed by atoms with Gasteiger partial charge < -0.3 is 9.90 Å². The Labute approximate surface area is 90.3 Å². The summed E-state index contributed by atoms with van der Waals surface area (Å²) in [7, 11) is 0. The monoisotopic (exact) mass is 203 g/mol. The van der Waals surface area contributed by atoms with E-state index in [0.717, 1.165) is 24.0 Å². The molecule has 2 heteroatoms. The van der Waals surface area contributed by atoms with Crippen LogP contribution in [0.25, 0.3) is 5.57 Å². The first-order chi connectivity index (χ1) is 7.16. The number of hydrogen-bond donors (Lipinski definition) is 0. The fourth-order valence-electron chi connectivity index (χ4n) is 1.64. The van der Waals surface area contributed by atoms with E-state index in [1.807, 2.05) is 32.0 Å². The third-order valence-electron chi connectivity index (χ3n) is 2.32. The third kappa shape index (κ3) is 2.94. The Morgan fingerprint density at radius 2 is 1.87 bits per heavy atom. The van der Waals surface area contributed by atoms with Crippen LogP contribution in [0.4, 0.5) is 0 Å². The Morgan fingerprint density at radius 3 is 2.33 bits per heavy atom. The smallest absolute Gasteiger partial charge is 0.0720 e. The molecule has 0 atom stereocenters. The number of benzene rings is 1. The molecule has 0 radical (unpaired) electrons. The molecule has 0 fully saturated rings. The zero-order chi connectivity index (χ0) is 11.3. The minimum atomic E-state index is -1.09. The second kappa shape index (κ2) is 5.35. The van der Waals surface area contributed by atoms with Crippen LogP contribution in [-0.2, 0) is 4.79 Å². The number of aliphatic carboxylic acids is 1. The summed E-state index contributed by atoms with van der Waals surface area (Å²) >= 11 is 0. The van der Waals surface area contributed by atoms with E-state index in [1.165, 1.54) is 0 Å². The number of rotatable bonds is 4. The van der Waals surface area contributed by atoms with E-state index in [1.54, 1.807) is 12.1 Å². The van der Waals surface area contributed by atoms with Gasteiger partial charge in [0.25, 0.3) is 0 Å². The molecule has 0 aliphatic heterocycles. The largest absolute Gasteiger partial charge is 0.545 e. The van der Waals surface area contributed by atoms with Crippen molar-refractivity contribution in [1.29, 1.82) is 0 Å². The van der Waals surface area contributed by atoms with Crippen molar-refractivity contribution in [2.45, 2.75) is 26.7 Å². The summed E-state index contributed by atoms with van der Waals surface area (Å²) in [6.45, 7) is 3.88. The molecule has 0 spiro atoms. The maximum atomic E-state index is 11.0. The van der Waals surface area contributed by atoms with Gasteiger partial charge in [0.2, 0.25) is 0 Å². The Balaban J connectivity index is 3.15. The molecule has 0 saturated heterocycles. The van der Waals surface area contributed by atoms with E-state index >= 15 is 0 Å². The second-order valence-corrected chi connectivity index (χ2v) is 3.56. The van der Waals surface area contributed by atoms with Crippen LogP contribution in [0.3, 0.4) is 0 Å². The van der Waals surface area contributed by atoms with E-state index in [9.17, 15) is 9.90 Å². The van der Waals surface area contributed by atoms with Gasteiger partial charge in [0.15, 0.2) is 0 Å². The van der Waals surface area contributed by atoms with Crippen molar-refractivity contribution in [3.05, 3.63) is 41.5 Å². The predicted molar refractivity (Wildman–Crippen MR) is 59.0 cm³/mol. The van der Waals surface area contributed by atoms with Crippen LogP contribution in [0.15, 0.2) is 35.9 Å². The zero-order valence-electron chi connectivity index (χ0n) is 9.12. The first-order valence-corrected chi connectivity index (χ1v) is 5.13. The van der Waals surface area contributed by atoms with Gasteiger partial charge >= 0.3 is 0 Å². The van der Waals surface area contributed by atoms with Crippen molar-refractivity contribution in [3.8, 4) is 0 Å². The molecule has 0 aromatic heterocycles. The van der Waals surface area contributed by atoms with Gasteiger partial charge in [0, 0.05) is 5.57 Å². The Hall–Kier alpha value is -1.57. The molecule has 0 heterocycles. The second-order valence-electron chi connectivity index (χ2n) is 3.56. The molecule has 1 rings (SSSR count). The number of carboxylic acid groups (broad SMARTS) is 1. The Morgan fingerprint density at radius 1 is 1.27 bits per heavy atom. The van der Waals surface area contributed by atoms with Crippen molar-refractivity contribution in [3.63, 3.8) is 0 Å². The van der Waals surface area contributed by atoms with Crippen LogP contribution in [0.5, 0.6) is 0 Å². The lowest BCUT2D eigenvalue weighted by Crippen LogP contribution is -2.24. The predicted octanol–water partition coefficient (Wildman–Crippen LogP) is 2.01. The summed E-state index contributed by atoms with van der Waals surface area (Å²) in [6, 6.07) is 9.12. The first kappa shape index (κ1) is 11.5. The van der Waals surface area contributed by atoms with Crippen LogP contribution in [0, 0.1) is 0 Å². The normalized spacial score (nSPS) is 12.1. The summed E-state index contributed by atoms with van der Waals surface area (Å²) in [5.41, 5.74) is 1.93. The van der Waals surface area contributed by atoms with Gasteiger partial charge in [-0.2, -0.15) is 0 Å². The van der Waals surface area contributed by atoms with Gasteiger partial charge in [0.05, 0.1) is 5.97 Å². The maximum Gasteiger partial charge on any atom is 0.0720 e. The fraction of sp³-hybridized carbons (Fsp3) is 0.308. The van der Waals surface area contributed by atoms with Gasteiger partial charge in [-0.05, 0) is 18.9 Å². The highest BCUT2D eigenvalue weighted by Crippen LogP contribution is 2.20. The molecule has 0 unspecified atom stereocenters. The Bertz CT molecular complexity index is 363. The van der Waals surface area contributed by atoms with Crippen LogP contribution in [0.2, 0.25) is 0 Å². The first-order valence-electron chi connectivity index (χ1n) is 5.13. The molecule has 80 valence electrons. The molecule has 0 amide bonds. The molecular weight excluding hydrogens is 188 g/mol. The standard InChI is InChI=1S/C13H16O2/c1-3-7-10(2)12(13(14)15)11-8-5-4-6-9-11/h4-6,8-9H,3,7H2,1-2H3,(H,14,15)/p-1. The van der Waals surface area contributed by atoms with Gasteiger partial charge in [-0.15, -0.1) is 0 Å². The fourth-order valence-corrected chi connectivity index (χ4v) is 1.64. The molecular formula is C13H15O2-. The topological polar surface area (TPSA) is 40.1 Å². The van der Waals surface area contributed by atoms with Crippen molar-refractivity contribution < 1.29 is 9.90 Å². The molecule has 0 saturated carbocycles. The summed E-state index contributed by atoms with van der Waals surface area (Å²) in [6.07, 6.45) is 1.73. The molecule has 1 aromatic rings. The van der Waals surface area contributed by atoms with Gasteiger partial charge in [-0.3, -0.25) is 0 Å². The van der Waals surface area contributed by atoms with Crippen LogP contribution < -0.4 is 5.11 Å². The van der Waals surface area contributed by atoms with E-state index < -0.39 is 5.97 Å². The zero-order valence-corrected chi connectivity index (χ0v) is 9.12. The van der Waals surface area contributed by atoms with E-state index in [-0.39, 0.29) is 0 Å². The summed E-state index contributed by atoms with van der Waals surface area (Å²) < 4.78 is 0. The molecule has 0 bridgehead atoms. The number of allylic oxidation sites excluding steroid dienone is 1. The molecule has 0 aliphatic carbocycles. The van der Waals surface area contributed by atoms with Crippen LogP contribution in [0.1, 0.15) is 32.3 Å². The molecule has 0 N–H and O–H groups in total. The van der Waals surface area contributed by atoms with Crippen molar-refractivity contribution >= 4 is 11.5 Å². The average molecular weight is 203 g/mol. The number of carboxylic acids is 1. The summed E-state index contributed by atoms with van der Waals surface area (Å²) in [5, 5.41) is 11.0.